The maximum absolute atomic E-state index is 9.60. The summed E-state index contributed by atoms with van der Waals surface area (Å²) in [7, 11) is 0. The Labute approximate surface area is 100 Å². The van der Waals surface area contributed by atoms with Crippen molar-refractivity contribution in [1.29, 1.82) is 0 Å². The first-order valence-corrected chi connectivity index (χ1v) is 6.59. The Hall–Kier alpha value is -0.0800. The van der Waals surface area contributed by atoms with E-state index in [4.69, 9.17) is 4.74 Å². The minimum Gasteiger partial charge on any atom is -0.391 e. The van der Waals surface area contributed by atoms with Crippen LogP contribution >= 0.6 is 0 Å². The molecular formula is C14H28O2. The monoisotopic (exact) mass is 228 g/mol. The lowest BCUT2D eigenvalue weighted by molar-refractivity contribution is -0.137. The molecule has 1 atom stereocenters. The highest BCUT2D eigenvalue weighted by molar-refractivity contribution is 4.94. The summed E-state index contributed by atoms with van der Waals surface area (Å²) in [6, 6.07) is 0. The maximum Gasteiger partial charge on any atom is 0.0771 e. The molecule has 1 fully saturated rings. The summed E-state index contributed by atoms with van der Waals surface area (Å²) in [6.45, 7) is 11.6. The number of ether oxygens (including phenoxy) is 1. The van der Waals surface area contributed by atoms with Crippen molar-refractivity contribution in [2.75, 3.05) is 6.61 Å². The lowest BCUT2D eigenvalue weighted by Crippen LogP contribution is -2.47. The summed E-state index contributed by atoms with van der Waals surface area (Å²) in [5, 5.41) is 9.60. The first-order chi connectivity index (χ1) is 7.29. The fraction of sp³-hybridized carbons (Fsp3) is 1.00. The Morgan fingerprint density at radius 2 is 1.69 bits per heavy atom. The summed E-state index contributed by atoms with van der Waals surface area (Å²) >= 11 is 0. The van der Waals surface area contributed by atoms with Crippen LogP contribution in [0.4, 0.5) is 0 Å². The fourth-order valence-electron chi connectivity index (χ4n) is 3.10. The van der Waals surface area contributed by atoms with Crippen LogP contribution in [0.25, 0.3) is 0 Å². The zero-order valence-electron chi connectivity index (χ0n) is 11.5. The van der Waals surface area contributed by atoms with Gasteiger partial charge in [-0.1, -0.05) is 41.0 Å². The summed E-state index contributed by atoms with van der Waals surface area (Å²) in [4.78, 5) is 0. The molecule has 0 aromatic carbocycles. The van der Waals surface area contributed by atoms with Gasteiger partial charge in [0.05, 0.1) is 18.8 Å². The molecule has 1 rings (SSSR count). The van der Waals surface area contributed by atoms with Gasteiger partial charge in [0.15, 0.2) is 0 Å². The first kappa shape index (κ1) is 14.0. The standard InChI is InChI=1S/C14H28O2/c1-6-11(15)10-16-12-13(2,3)8-7-9-14(12,4)5/h11-12,15H,6-10H2,1-5H3/t11-/m1/s1. The molecule has 0 aromatic rings. The van der Waals surface area contributed by atoms with Gasteiger partial charge < -0.3 is 9.84 Å². The van der Waals surface area contributed by atoms with Gasteiger partial charge in [-0.05, 0) is 30.1 Å². The highest BCUT2D eigenvalue weighted by Gasteiger charge is 2.44. The normalized spacial score (nSPS) is 26.6. The minimum absolute atomic E-state index is 0.231. The number of aliphatic hydroxyl groups is 1. The van der Waals surface area contributed by atoms with Gasteiger partial charge in [0.25, 0.3) is 0 Å². The molecule has 16 heavy (non-hydrogen) atoms. The first-order valence-electron chi connectivity index (χ1n) is 6.59. The third-order valence-corrected chi connectivity index (χ3v) is 3.99. The van der Waals surface area contributed by atoms with Crippen molar-refractivity contribution in [2.45, 2.75) is 72.5 Å². The zero-order chi connectivity index (χ0) is 12.4. The third kappa shape index (κ3) is 3.21. The summed E-state index contributed by atoms with van der Waals surface area (Å²) in [6.07, 6.45) is 4.46. The third-order valence-electron chi connectivity index (χ3n) is 3.99. The van der Waals surface area contributed by atoms with E-state index in [0.29, 0.717) is 6.61 Å². The largest absolute Gasteiger partial charge is 0.391 e. The van der Waals surface area contributed by atoms with E-state index < -0.39 is 0 Å². The van der Waals surface area contributed by atoms with E-state index in [9.17, 15) is 5.11 Å². The predicted molar refractivity (Wildman–Crippen MR) is 67.5 cm³/mol. The molecule has 96 valence electrons. The van der Waals surface area contributed by atoms with Crippen LogP contribution in [-0.4, -0.2) is 23.9 Å². The minimum atomic E-state index is -0.312. The number of hydrogen-bond donors (Lipinski definition) is 1. The molecule has 0 saturated heterocycles. The molecule has 2 nitrogen and oxygen atoms in total. The molecule has 0 spiro atoms. The molecule has 0 bridgehead atoms. The Balaban J connectivity index is 2.64. The van der Waals surface area contributed by atoms with Crippen LogP contribution in [-0.2, 0) is 4.74 Å². The molecule has 0 heterocycles. The summed E-state index contributed by atoms with van der Waals surface area (Å²) in [5.41, 5.74) is 0.463. The highest BCUT2D eigenvalue weighted by atomic mass is 16.5. The van der Waals surface area contributed by atoms with Crippen LogP contribution in [0.1, 0.15) is 60.3 Å². The molecule has 1 N–H and O–H groups in total. The average Bonchev–Trinajstić information content (AvgIpc) is 2.14. The SMILES string of the molecule is CC[C@@H](O)COC1C(C)(C)CCCC1(C)C. The topological polar surface area (TPSA) is 29.5 Å². The molecule has 0 amide bonds. The van der Waals surface area contributed by atoms with E-state index in [1.54, 1.807) is 0 Å². The van der Waals surface area contributed by atoms with Crippen LogP contribution in [0.5, 0.6) is 0 Å². The molecule has 1 aliphatic rings. The van der Waals surface area contributed by atoms with Gasteiger partial charge in [-0.2, -0.15) is 0 Å². The lowest BCUT2D eigenvalue weighted by Gasteiger charge is -2.49. The number of hydrogen-bond acceptors (Lipinski definition) is 2. The van der Waals surface area contributed by atoms with E-state index in [-0.39, 0.29) is 23.0 Å². The fourth-order valence-corrected chi connectivity index (χ4v) is 3.10. The molecule has 1 aliphatic carbocycles. The van der Waals surface area contributed by atoms with Crippen molar-refractivity contribution in [3.63, 3.8) is 0 Å². The molecule has 0 radical (unpaired) electrons. The smallest absolute Gasteiger partial charge is 0.0771 e. The van der Waals surface area contributed by atoms with Crippen LogP contribution < -0.4 is 0 Å². The zero-order valence-corrected chi connectivity index (χ0v) is 11.5. The van der Waals surface area contributed by atoms with Gasteiger partial charge in [-0.25, -0.2) is 0 Å². The van der Waals surface area contributed by atoms with Crippen LogP contribution in [0, 0.1) is 10.8 Å². The van der Waals surface area contributed by atoms with Gasteiger partial charge in [0.1, 0.15) is 0 Å². The maximum atomic E-state index is 9.60. The van der Waals surface area contributed by atoms with E-state index in [0.717, 1.165) is 6.42 Å². The second-order valence-electron chi connectivity index (χ2n) is 6.61. The van der Waals surface area contributed by atoms with Crippen molar-refractivity contribution in [2.24, 2.45) is 10.8 Å². The lowest BCUT2D eigenvalue weighted by atomic mass is 9.63. The van der Waals surface area contributed by atoms with Crippen LogP contribution in [0.15, 0.2) is 0 Å². The van der Waals surface area contributed by atoms with Crippen molar-refractivity contribution >= 4 is 0 Å². The van der Waals surface area contributed by atoms with Crippen molar-refractivity contribution in [3.8, 4) is 0 Å². The summed E-state index contributed by atoms with van der Waals surface area (Å²) < 4.78 is 6.02. The summed E-state index contributed by atoms with van der Waals surface area (Å²) in [5.74, 6) is 0. The van der Waals surface area contributed by atoms with E-state index in [1.807, 2.05) is 6.92 Å². The Morgan fingerprint density at radius 3 is 2.12 bits per heavy atom. The van der Waals surface area contributed by atoms with Gasteiger partial charge in [-0.3, -0.25) is 0 Å². The Morgan fingerprint density at radius 1 is 1.19 bits per heavy atom. The molecular weight excluding hydrogens is 200 g/mol. The molecule has 0 aromatic heterocycles. The van der Waals surface area contributed by atoms with Gasteiger partial charge >= 0.3 is 0 Å². The van der Waals surface area contributed by atoms with E-state index in [2.05, 4.69) is 27.7 Å². The quantitative estimate of drug-likeness (QED) is 0.799. The number of rotatable bonds is 4. The van der Waals surface area contributed by atoms with Gasteiger partial charge in [-0.15, -0.1) is 0 Å². The van der Waals surface area contributed by atoms with E-state index >= 15 is 0 Å². The van der Waals surface area contributed by atoms with Crippen molar-refractivity contribution < 1.29 is 9.84 Å². The van der Waals surface area contributed by atoms with Crippen molar-refractivity contribution in [3.05, 3.63) is 0 Å². The van der Waals surface area contributed by atoms with Crippen LogP contribution in [0.3, 0.4) is 0 Å². The predicted octanol–water partition coefficient (Wildman–Crippen LogP) is 3.38. The average molecular weight is 228 g/mol. The molecule has 0 aliphatic heterocycles. The molecule has 1 saturated carbocycles. The second kappa shape index (κ2) is 5.05. The number of aliphatic hydroxyl groups excluding tert-OH is 1. The molecule has 0 unspecified atom stereocenters. The van der Waals surface area contributed by atoms with Crippen molar-refractivity contribution in [1.82, 2.24) is 0 Å². The van der Waals surface area contributed by atoms with Gasteiger partial charge in [0.2, 0.25) is 0 Å². The van der Waals surface area contributed by atoms with E-state index in [1.165, 1.54) is 19.3 Å². The highest BCUT2D eigenvalue weighted by Crippen LogP contribution is 2.47. The Bertz CT molecular complexity index is 205. The molecule has 2 heteroatoms. The second-order valence-corrected chi connectivity index (χ2v) is 6.61. The van der Waals surface area contributed by atoms with Gasteiger partial charge in [0, 0.05) is 0 Å². The Kier molecular flexibility index (Phi) is 4.42. The van der Waals surface area contributed by atoms with Crippen LogP contribution in [0.2, 0.25) is 0 Å².